The third kappa shape index (κ3) is 2.95. The highest BCUT2D eigenvalue weighted by Gasteiger charge is 2.17. The number of aromatic nitrogens is 2. The molecule has 14 heavy (non-hydrogen) atoms. The van der Waals surface area contributed by atoms with Crippen molar-refractivity contribution in [2.45, 2.75) is 23.4 Å². The van der Waals surface area contributed by atoms with Crippen LogP contribution in [0.3, 0.4) is 0 Å². The molecule has 0 radical (unpaired) electrons. The lowest BCUT2D eigenvalue weighted by Gasteiger charge is -2.14. The molecular weight excluding hydrogens is 218 g/mol. The Morgan fingerprint density at radius 1 is 1.50 bits per heavy atom. The Bertz CT molecular complexity index is 324. The van der Waals surface area contributed by atoms with Gasteiger partial charge in [0.2, 0.25) is 5.91 Å². The van der Waals surface area contributed by atoms with Gasteiger partial charge < -0.3 is 4.90 Å². The molecule has 1 amide bonds. The first-order chi connectivity index (χ1) is 6.50. The van der Waals surface area contributed by atoms with Gasteiger partial charge in [-0.15, -0.1) is 10.2 Å². The lowest BCUT2D eigenvalue weighted by molar-refractivity contribution is -0.127. The van der Waals surface area contributed by atoms with E-state index in [1.807, 2.05) is 13.8 Å². The van der Waals surface area contributed by atoms with Gasteiger partial charge in [-0.25, -0.2) is 0 Å². The van der Waals surface area contributed by atoms with Crippen molar-refractivity contribution >= 4 is 29.0 Å². The molecule has 0 saturated carbocycles. The van der Waals surface area contributed by atoms with Crippen LogP contribution in [0.5, 0.6) is 0 Å². The molecule has 1 atom stereocenters. The lowest BCUT2D eigenvalue weighted by atomic mass is 10.4. The Hall–Kier alpha value is -0.620. The second kappa shape index (κ2) is 4.75. The van der Waals surface area contributed by atoms with Gasteiger partial charge in [-0.05, 0) is 13.8 Å². The van der Waals surface area contributed by atoms with Crippen molar-refractivity contribution in [3.63, 3.8) is 0 Å². The van der Waals surface area contributed by atoms with Crippen molar-refractivity contribution in [1.82, 2.24) is 15.1 Å². The highest BCUT2D eigenvalue weighted by Crippen LogP contribution is 2.26. The van der Waals surface area contributed by atoms with Crippen molar-refractivity contribution in [2.75, 3.05) is 14.1 Å². The van der Waals surface area contributed by atoms with E-state index in [1.54, 1.807) is 19.0 Å². The van der Waals surface area contributed by atoms with E-state index in [2.05, 4.69) is 10.2 Å². The Morgan fingerprint density at radius 3 is 2.57 bits per heavy atom. The van der Waals surface area contributed by atoms with Gasteiger partial charge in [-0.2, -0.15) is 0 Å². The fraction of sp³-hybridized carbons (Fsp3) is 0.625. The van der Waals surface area contributed by atoms with Crippen molar-refractivity contribution in [3.8, 4) is 0 Å². The van der Waals surface area contributed by atoms with Gasteiger partial charge in [0.1, 0.15) is 5.01 Å². The molecule has 0 spiro atoms. The standard InChI is InChI=1S/C8H13N3OS2/c1-5(7(12)11(3)4)13-8-10-9-6(2)14-8/h5H,1-4H3. The maximum absolute atomic E-state index is 11.5. The van der Waals surface area contributed by atoms with Crippen LogP contribution in [0.15, 0.2) is 4.34 Å². The minimum absolute atomic E-state index is 0.0997. The van der Waals surface area contributed by atoms with E-state index in [0.717, 1.165) is 9.35 Å². The van der Waals surface area contributed by atoms with Crippen LogP contribution < -0.4 is 0 Å². The molecule has 0 aliphatic carbocycles. The Labute approximate surface area is 91.7 Å². The molecule has 78 valence electrons. The first-order valence-electron chi connectivity index (χ1n) is 4.18. The summed E-state index contributed by atoms with van der Waals surface area (Å²) in [6.07, 6.45) is 0. The van der Waals surface area contributed by atoms with Gasteiger partial charge in [-0.1, -0.05) is 23.1 Å². The average Bonchev–Trinajstić information content (AvgIpc) is 2.49. The summed E-state index contributed by atoms with van der Waals surface area (Å²) < 4.78 is 0.852. The van der Waals surface area contributed by atoms with Crippen LogP contribution in [0.1, 0.15) is 11.9 Å². The molecule has 0 fully saturated rings. The van der Waals surface area contributed by atoms with Crippen molar-refractivity contribution < 1.29 is 4.79 Å². The number of hydrogen-bond donors (Lipinski definition) is 0. The number of carbonyl (C=O) groups is 1. The molecule has 0 N–H and O–H groups in total. The van der Waals surface area contributed by atoms with Crippen LogP contribution in [0.25, 0.3) is 0 Å². The zero-order valence-corrected chi connectivity index (χ0v) is 10.3. The van der Waals surface area contributed by atoms with Gasteiger partial charge >= 0.3 is 0 Å². The first-order valence-corrected chi connectivity index (χ1v) is 5.88. The van der Waals surface area contributed by atoms with Crippen LogP contribution in [-0.4, -0.2) is 40.3 Å². The summed E-state index contributed by atoms with van der Waals surface area (Å²) >= 11 is 2.97. The smallest absolute Gasteiger partial charge is 0.235 e. The first kappa shape index (κ1) is 11.5. The molecule has 1 aromatic heterocycles. The second-order valence-electron chi connectivity index (χ2n) is 3.08. The van der Waals surface area contributed by atoms with Crippen LogP contribution in [0.2, 0.25) is 0 Å². The summed E-state index contributed by atoms with van der Waals surface area (Å²) in [7, 11) is 3.51. The summed E-state index contributed by atoms with van der Waals surface area (Å²) in [6.45, 7) is 3.78. The van der Waals surface area contributed by atoms with E-state index in [-0.39, 0.29) is 11.2 Å². The quantitative estimate of drug-likeness (QED) is 0.738. The summed E-state index contributed by atoms with van der Waals surface area (Å²) in [5.41, 5.74) is 0. The van der Waals surface area contributed by atoms with E-state index < -0.39 is 0 Å². The van der Waals surface area contributed by atoms with Crippen LogP contribution in [-0.2, 0) is 4.79 Å². The second-order valence-corrected chi connectivity index (χ2v) is 5.85. The maximum Gasteiger partial charge on any atom is 0.235 e. The third-order valence-corrected chi connectivity index (χ3v) is 3.58. The monoisotopic (exact) mass is 231 g/mol. The number of nitrogens with zero attached hydrogens (tertiary/aromatic N) is 3. The Balaban J connectivity index is 2.57. The lowest BCUT2D eigenvalue weighted by Crippen LogP contribution is -2.29. The zero-order chi connectivity index (χ0) is 10.7. The fourth-order valence-electron chi connectivity index (χ4n) is 0.891. The normalized spacial score (nSPS) is 12.6. The molecule has 0 aromatic carbocycles. The molecule has 0 saturated heterocycles. The van der Waals surface area contributed by atoms with E-state index in [4.69, 9.17) is 0 Å². The molecule has 0 aliphatic heterocycles. The molecule has 6 heteroatoms. The predicted molar refractivity (Wildman–Crippen MR) is 58.7 cm³/mol. The number of hydrogen-bond acceptors (Lipinski definition) is 5. The summed E-state index contributed by atoms with van der Waals surface area (Å²) in [6, 6.07) is 0. The minimum atomic E-state index is -0.0997. The van der Waals surface area contributed by atoms with E-state index in [9.17, 15) is 4.79 Å². The van der Waals surface area contributed by atoms with Crippen molar-refractivity contribution in [3.05, 3.63) is 5.01 Å². The number of carbonyl (C=O) groups excluding carboxylic acids is 1. The largest absolute Gasteiger partial charge is 0.348 e. The maximum atomic E-state index is 11.5. The van der Waals surface area contributed by atoms with Crippen LogP contribution in [0.4, 0.5) is 0 Å². The van der Waals surface area contributed by atoms with Crippen LogP contribution >= 0.6 is 23.1 Å². The molecule has 1 rings (SSSR count). The molecule has 1 heterocycles. The van der Waals surface area contributed by atoms with Gasteiger partial charge in [0.15, 0.2) is 4.34 Å². The van der Waals surface area contributed by atoms with Gasteiger partial charge in [0.25, 0.3) is 0 Å². The predicted octanol–water partition coefficient (Wildman–Crippen LogP) is 1.42. The molecule has 1 unspecified atom stereocenters. The van der Waals surface area contributed by atoms with E-state index in [0.29, 0.717) is 0 Å². The van der Waals surface area contributed by atoms with Gasteiger partial charge in [-0.3, -0.25) is 4.79 Å². The van der Waals surface area contributed by atoms with Crippen molar-refractivity contribution in [2.24, 2.45) is 0 Å². The SMILES string of the molecule is Cc1nnc(SC(C)C(=O)N(C)C)s1. The number of thioether (sulfide) groups is 1. The van der Waals surface area contributed by atoms with Gasteiger partial charge in [0.05, 0.1) is 5.25 Å². The summed E-state index contributed by atoms with van der Waals surface area (Å²) in [4.78, 5) is 13.1. The molecule has 4 nitrogen and oxygen atoms in total. The average molecular weight is 231 g/mol. The third-order valence-electron chi connectivity index (χ3n) is 1.57. The van der Waals surface area contributed by atoms with Crippen LogP contribution in [0, 0.1) is 6.92 Å². The number of aryl methyl sites for hydroxylation is 1. The molecule has 1 aromatic rings. The molecule has 0 aliphatic rings. The zero-order valence-electron chi connectivity index (χ0n) is 8.64. The summed E-state index contributed by atoms with van der Waals surface area (Å²) in [5, 5.41) is 8.68. The van der Waals surface area contributed by atoms with E-state index >= 15 is 0 Å². The van der Waals surface area contributed by atoms with Crippen molar-refractivity contribution in [1.29, 1.82) is 0 Å². The van der Waals surface area contributed by atoms with Gasteiger partial charge in [0, 0.05) is 14.1 Å². The highest BCUT2D eigenvalue weighted by atomic mass is 32.2. The van der Waals surface area contributed by atoms with E-state index in [1.165, 1.54) is 23.1 Å². The topological polar surface area (TPSA) is 46.1 Å². The Morgan fingerprint density at radius 2 is 2.14 bits per heavy atom. The number of rotatable bonds is 3. The number of amides is 1. The summed E-state index contributed by atoms with van der Waals surface area (Å²) in [5.74, 6) is 0.0999. The molecular formula is C8H13N3OS2. The fourth-order valence-corrected chi connectivity index (χ4v) is 3.00. The Kier molecular flexibility index (Phi) is 3.88. The highest BCUT2D eigenvalue weighted by molar-refractivity contribution is 8.02. The minimum Gasteiger partial charge on any atom is -0.348 e. The molecule has 0 bridgehead atoms.